The van der Waals surface area contributed by atoms with Crippen LogP contribution in [0.4, 0.5) is 10.2 Å². The molecular formula is C15H10FIN4O. The molecule has 0 aliphatic carbocycles. The summed E-state index contributed by atoms with van der Waals surface area (Å²) in [6, 6.07) is 12.1. The number of hydrogen-bond donors (Lipinski definition) is 2. The molecule has 1 amide bonds. The van der Waals surface area contributed by atoms with Gasteiger partial charge in [-0.3, -0.25) is 9.89 Å². The number of nitrogens with one attached hydrogen (secondary N) is 2. The van der Waals surface area contributed by atoms with Gasteiger partial charge in [0.1, 0.15) is 0 Å². The number of aromatic amines is 1. The van der Waals surface area contributed by atoms with E-state index in [0.717, 1.165) is 20.9 Å². The number of amides is 1. The molecule has 0 radical (unpaired) electrons. The molecule has 0 spiro atoms. The molecule has 0 saturated carbocycles. The van der Waals surface area contributed by atoms with E-state index in [1.807, 2.05) is 24.3 Å². The van der Waals surface area contributed by atoms with Gasteiger partial charge in [-0.15, -0.1) is 0 Å². The van der Waals surface area contributed by atoms with Gasteiger partial charge in [-0.05, 0) is 46.4 Å². The van der Waals surface area contributed by atoms with Crippen molar-refractivity contribution < 1.29 is 9.18 Å². The fourth-order valence-corrected chi connectivity index (χ4v) is 2.25. The lowest BCUT2D eigenvalue weighted by molar-refractivity contribution is 0.102. The Bertz CT molecular complexity index is 816. The molecule has 7 heteroatoms. The Morgan fingerprint density at radius 2 is 1.95 bits per heavy atom. The summed E-state index contributed by atoms with van der Waals surface area (Å²) in [5.74, 6) is -0.771. The zero-order chi connectivity index (χ0) is 15.5. The summed E-state index contributed by atoms with van der Waals surface area (Å²) in [6.07, 6.45) is 1.24. The second-order valence-corrected chi connectivity index (χ2v) is 5.74. The van der Waals surface area contributed by atoms with Crippen LogP contribution in [0, 0.1) is 9.52 Å². The number of benzene rings is 1. The van der Waals surface area contributed by atoms with Gasteiger partial charge < -0.3 is 5.32 Å². The van der Waals surface area contributed by atoms with Gasteiger partial charge in [0.2, 0.25) is 5.95 Å². The van der Waals surface area contributed by atoms with Crippen LogP contribution < -0.4 is 5.32 Å². The average molecular weight is 408 g/mol. The van der Waals surface area contributed by atoms with E-state index in [0.29, 0.717) is 5.82 Å². The van der Waals surface area contributed by atoms with E-state index in [9.17, 15) is 9.18 Å². The number of hydrogen-bond acceptors (Lipinski definition) is 3. The topological polar surface area (TPSA) is 70.7 Å². The summed E-state index contributed by atoms with van der Waals surface area (Å²) < 4.78 is 14.1. The van der Waals surface area contributed by atoms with Crippen LogP contribution >= 0.6 is 22.6 Å². The van der Waals surface area contributed by atoms with Crippen LogP contribution in [-0.2, 0) is 0 Å². The Balaban J connectivity index is 1.77. The summed E-state index contributed by atoms with van der Waals surface area (Å²) in [4.78, 5) is 15.4. The molecular weight excluding hydrogens is 398 g/mol. The molecule has 0 fully saturated rings. The van der Waals surface area contributed by atoms with Gasteiger partial charge in [0.15, 0.2) is 5.82 Å². The van der Waals surface area contributed by atoms with Crippen molar-refractivity contribution in [3.63, 3.8) is 0 Å². The molecule has 0 bridgehead atoms. The second kappa shape index (κ2) is 6.22. The first-order valence-corrected chi connectivity index (χ1v) is 7.44. The predicted octanol–water partition coefficient (Wildman–Crippen LogP) is 3.47. The van der Waals surface area contributed by atoms with Crippen LogP contribution in [0.2, 0.25) is 0 Å². The fraction of sp³-hybridized carbons (Fsp3) is 0. The van der Waals surface area contributed by atoms with Crippen molar-refractivity contribution in [1.82, 2.24) is 15.2 Å². The smallest absolute Gasteiger partial charge is 0.257 e. The SMILES string of the molecule is O=C(Nc1cc(-c2ccc(I)cc2)[nH]n1)c1ccnc(F)c1. The number of carbonyl (C=O) groups is 1. The molecule has 0 aliphatic heterocycles. The molecule has 110 valence electrons. The highest BCUT2D eigenvalue weighted by Crippen LogP contribution is 2.21. The van der Waals surface area contributed by atoms with E-state index in [-0.39, 0.29) is 5.56 Å². The lowest BCUT2D eigenvalue weighted by Gasteiger charge is -2.01. The third-order valence-electron chi connectivity index (χ3n) is 2.96. The van der Waals surface area contributed by atoms with Gasteiger partial charge in [-0.2, -0.15) is 9.49 Å². The fourth-order valence-electron chi connectivity index (χ4n) is 1.90. The number of aromatic nitrogens is 3. The predicted molar refractivity (Wildman–Crippen MR) is 88.9 cm³/mol. The van der Waals surface area contributed by atoms with Crippen molar-refractivity contribution >= 4 is 34.3 Å². The number of anilines is 1. The summed E-state index contributed by atoms with van der Waals surface area (Å²) in [5.41, 5.74) is 1.93. The van der Waals surface area contributed by atoms with Gasteiger partial charge >= 0.3 is 0 Å². The Kier molecular flexibility index (Phi) is 4.14. The first-order chi connectivity index (χ1) is 10.6. The molecule has 1 aromatic carbocycles. The van der Waals surface area contributed by atoms with E-state index in [4.69, 9.17) is 0 Å². The minimum absolute atomic E-state index is 0.186. The summed E-state index contributed by atoms with van der Waals surface area (Å²) in [5, 5.41) is 9.50. The summed E-state index contributed by atoms with van der Waals surface area (Å²) in [6.45, 7) is 0. The largest absolute Gasteiger partial charge is 0.305 e. The Hall–Kier alpha value is -2.29. The molecule has 2 aromatic heterocycles. The van der Waals surface area contributed by atoms with Crippen molar-refractivity contribution in [3.05, 3.63) is 63.7 Å². The number of rotatable bonds is 3. The highest BCUT2D eigenvalue weighted by atomic mass is 127. The molecule has 0 atom stereocenters. The Morgan fingerprint density at radius 3 is 2.68 bits per heavy atom. The van der Waals surface area contributed by atoms with Crippen LogP contribution in [0.1, 0.15) is 10.4 Å². The van der Waals surface area contributed by atoms with Crippen molar-refractivity contribution in [2.75, 3.05) is 5.32 Å². The molecule has 22 heavy (non-hydrogen) atoms. The quantitative estimate of drug-likeness (QED) is 0.515. The third kappa shape index (κ3) is 3.30. The average Bonchev–Trinajstić information content (AvgIpc) is 2.96. The number of nitrogens with zero attached hydrogens (tertiary/aromatic N) is 2. The van der Waals surface area contributed by atoms with Gasteiger partial charge in [0, 0.05) is 27.5 Å². The second-order valence-electron chi connectivity index (χ2n) is 4.50. The van der Waals surface area contributed by atoms with Crippen LogP contribution in [0.15, 0.2) is 48.7 Å². The lowest BCUT2D eigenvalue weighted by Crippen LogP contribution is -2.12. The highest BCUT2D eigenvalue weighted by Gasteiger charge is 2.10. The van der Waals surface area contributed by atoms with Crippen molar-refractivity contribution in [1.29, 1.82) is 0 Å². The van der Waals surface area contributed by atoms with E-state index < -0.39 is 11.9 Å². The van der Waals surface area contributed by atoms with Crippen molar-refractivity contribution in [3.8, 4) is 11.3 Å². The van der Waals surface area contributed by atoms with Gasteiger partial charge in [-0.1, -0.05) is 12.1 Å². The maximum atomic E-state index is 13.0. The Morgan fingerprint density at radius 1 is 1.18 bits per heavy atom. The van der Waals surface area contributed by atoms with E-state index >= 15 is 0 Å². The van der Waals surface area contributed by atoms with E-state index in [1.54, 1.807) is 6.07 Å². The number of carbonyl (C=O) groups excluding carboxylic acids is 1. The van der Waals surface area contributed by atoms with Crippen LogP contribution in [-0.4, -0.2) is 21.1 Å². The molecule has 3 rings (SSSR count). The molecule has 5 nitrogen and oxygen atoms in total. The monoisotopic (exact) mass is 408 g/mol. The van der Waals surface area contributed by atoms with E-state index in [2.05, 4.69) is 43.1 Å². The highest BCUT2D eigenvalue weighted by molar-refractivity contribution is 14.1. The first-order valence-electron chi connectivity index (χ1n) is 6.36. The first kappa shape index (κ1) is 14.6. The summed E-state index contributed by atoms with van der Waals surface area (Å²) >= 11 is 2.23. The molecule has 0 saturated heterocycles. The van der Waals surface area contributed by atoms with Gasteiger partial charge in [0.25, 0.3) is 5.91 Å². The van der Waals surface area contributed by atoms with E-state index in [1.165, 1.54) is 12.3 Å². The van der Waals surface area contributed by atoms with Crippen LogP contribution in [0.3, 0.4) is 0 Å². The zero-order valence-electron chi connectivity index (χ0n) is 11.2. The van der Waals surface area contributed by atoms with Gasteiger partial charge in [0.05, 0.1) is 5.69 Å². The molecule has 3 aromatic rings. The van der Waals surface area contributed by atoms with Crippen molar-refractivity contribution in [2.45, 2.75) is 0 Å². The molecule has 0 unspecified atom stereocenters. The minimum Gasteiger partial charge on any atom is -0.305 e. The van der Waals surface area contributed by atoms with Crippen LogP contribution in [0.25, 0.3) is 11.3 Å². The number of halogens is 2. The Labute approximate surface area is 139 Å². The molecule has 2 heterocycles. The maximum absolute atomic E-state index is 13.0. The molecule has 0 aliphatic rings. The minimum atomic E-state index is -0.700. The number of pyridine rings is 1. The third-order valence-corrected chi connectivity index (χ3v) is 3.68. The lowest BCUT2D eigenvalue weighted by atomic mass is 10.1. The zero-order valence-corrected chi connectivity index (χ0v) is 13.3. The normalized spacial score (nSPS) is 10.5. The number of H-pyrrole nitrogens is 1. The van der Waals surface area contributed by atoms with Crippen molar-refractivity contribution in [2.24, 2.45) is 0 Å². The van der Waals surface area contributed by atoms with Gasteiger partial charge in [-0.25, -0.2) is 4.98 Å². The maximum Gasteiger partial charge on any atom is 0.257 e. The summed E-state index contributed by atoms with van der Waals surface area (Å²) in [7, 11) is 0. The standard InChI is InChI=1S/C15H10FIN4O/c16-13-7-10(5-6-18-13)15(22)19-14-8-12(20-21-14)9-1-3-11(17)4-2-9/h1-8H,(H2,19,20,21,22). The molecule has 2 N–H and O–H groups in total. The van der Waals surface area contributed by atoms with Crippen LogP contribution in [0.5, 0.6) is 0 Å².